The molecule has 0 spiro atoms. The Morgan fingerprint density at radius 3 is 2.13 bits per heavy atom. The van der Waals surface area contributed by atoms with Crippen molar-refractivity contribution < 1.29 is 38.1 Å². The van der Waals surface area contributed by atoms with Crippen molar-refractivity contribution in [2.24, 2.45) is 0 Å². The number of carbonyl (C=O) groups is 3. The van der Waals surface area contributed by atoms with E-state index in [0.29, 0.717) is 17.9 Å². The summed E-state index contributed by atoms with van der Waals surface area (Å²) in [5.41, 5.74) is -1.38. The third-order valence-corrected chi connectivity index (χ3v) is 4.92. The number of nitrogens with one attached hydrogen (secondary N) is 1. The number of ether oxygens (including phenoxy) is 5. The fourth-order valence-corrected chi connectivity index (χ4v) is 3.79. The van der Waals surface area contributed by atoms with Crippen LogP contribution in [0.1, 0.15) is 61.8 Å². The molecule has 3 atom stereocenters. The van der Waals surface area contributed by atoms with Gasteiger partial charge in [-0.3, -0.25) is 0 Å². The van der Waals surface area contributed by atoms with E-state index in [1.54, 1.807) is 55.4 Å². The molecule has 1 aliphatic heterocycles. The van der Waals surface area contributed by atoms with Crippen LogP contribution < -0.4 is 5.32 Å². The average molecular weight is 464 g/mol. The van der Waals surface area contributed by atoms with Crippen molar-refractivity contribution in [2.45, 2.75) is 97.0 Å². The number of rotatable bonds is 8. The van der Waals surface area contributed by atoms with Gasteiger partial charge < -0.3 is 29.0 Å². The summed E-state index contributed by atoms with van der Waals surface area (Å²) >= 11 is 1.47. The van der Waals surface area contributed by atoms with Crippen LogP contribution in [-0.4, -0.2) is 71.9 Å². The van der Waals surface area contributed by atoms with Crippen LogP contribution in [-0.2, 0) is 33.3 Å². The van der Waals surface area contributed by atoms with Crippen LogP contribution in [0.3, 0.4) is 0 Å². The first kappa shape index (κ1) is 27.5. The highest BCUT2D eigenvalue weighted by Crippen LogP contribution is 2.31. The molecule has 0 unspecified atom stereocenters. The number of hydrogen-bond donors (Lipinski definition) is 1. The highest BCUT2D eigenvalue weighted by atomic mass is 32.2. The summed E-state index contributed by atoms with van der Waals surface area (Å²) in [6.45, 7) is 14.0. The van der Waals surface area contributed by atoms with Crippen LogP contribution in [0.5, 0.6) is 0 Å². The van der Waals surface area contributed by atoms with E-state index in [-0.39, 0.29) is 0 Å². The molecular formula is C21H37NO8S. The Bertz CT molecular complexity index is 638. The highest BCUT2D eigenvalue weighted by molar-refractivity contribution is 7.99. The molecule has 0 saturated carbocycles. The van der Waals surface area contributed by atoms with E-state index in [2.05, 4.69) is 5.32 Å². The predicted octanol–water partition coefficient (Wildman–Crippen LogP) is 3.04. The van der Waals surface area contributed by atoms with E-state index in [1.165, 1.54) is 18.9 Å². The summed E-state index contributed by atoms with van der Waals surface area (Å²) in [5.74, 6) is -0.950. The molecule has 0 aromatic rings. The molecule has 1 rings (SSSR count). The minimum absolute atomic E-state index is 0.318. The number of carbonyl (C=O) groups excluding carboxylic acids is 3. The lowest BCUT2D eigenvalue weighted by Gasteiger charge is -2.26. The maximum absolute atomic E-state index is 12.6. The van der Waals surface area contributed by atoms with Gasteiger partial charge in [-0.1, -0.05) is 0 Å². The van der Waals surface area contributed by atoms with Crippen molar-refractivity contribution in [1.29, 1.82) is 0 Å². The predicted molar refractivity (Wildman–Crippen MR) is 117 cm³/mol. The maximum atomic E-state index is 12.6. The van der Waals surface area contributed by atoms with Crippen LogP contribution in [0.25, 0.3) is 0 Å². The lowest BCUT2D eigenvalue weighted by Crippen LogP contribution is -2.46. The molecule has 0 radical (unpaired) electrons. The summed E-state index contributed by atoms with van der Waals surface area (Å²) < 4.78 is 26.9. The maximum Gasteiger partial charge on any atom is 0.408 e. The van der Waals surface area contributed by atoms with Crippen molar-refractivity contribution in [3.63, 3.8) is 0 Å². The Morgan fingerprint density at radius 1 is 1.03 bits per heavy atom. The summed E-state index contributed by atoms with van der Waals surface area (Å²) in [7, 11) is 1.30. The first-order chi connectivity index (χ1) is 14.0. The third kappa shape index (κ3) is 10.6. The van der Waals surface area contributed by atoms with Gasteiger partial charge in [0.05, 0.1) is 7.11 Å². The van der Waals surface area contributed by atoms with Crippen LogP contribution in [0.15, 0.2) is 0 Å². The number of hydrogen-bond acceptors (Lipinski definition) is 9. The summed E-state index contributed by atoms with van der Waals surface area (Å²) in [6, 6.07) is -0.866. The topological polar surface area (TPSA) is 109 Å². The normalized spacial score (nSPS) is 21.8. The van der Waals surface area contributed by atoms with E-state index in [4.69, 9.17) is 23.7 Å². The fraction of sp³-hybridized carbons (Fsp3) is 0.857. The smallest absolute Gasteiger partial charge is 0.408 e. The Labute approximate surface area is 189 Å². The molecule has 9 nitrogen and oxygen atoms in total. The van der Waals surface area contributed by atoms with E-state index in [0.717, 1.165) is 0 Å². The van der Waals surface area contributed by atoms with Gasteiger partial charge in [-0.15, -0.1) is 0 Å². The number of amides is 1. The summed E-state index contributed by atoms with van der Waals surface area (Å²) in [5, 5.41) is 2.59. The number of alkyl carbamates (subject to hydrolysis) is 1. The summed E-state index contributed by atoms with van der Waals surface area (Å²) in [4.78, 5) is 36.7. The molecule has 0 bridgehead atoms. The second kappa shape index (κ2) is 10.9. The second-order valence-corrected chi connectivity index (χ2v) is 10.9. The lowest BCUT2D eigenvalue weighted by molar-refractivity contribution is -0.168. The van der Waals surface area contributed by atoms with E-state index in [9.17, 15) is 14.4 Å². The van der Waals surface area contributed by atoms with Crippen LogP contribution >= 0.6 is 11.8 Å². The molecule has 1 amide bonds. The van der Waals surface area contributed by atoms with Gasteiger partial charge in [0.1, 0.15) is 23.3 Å². The molecule has 1 N–H and O–H groups in total. The van der Waals surface area contributed by atoms with Gasteiger partial charge >= 0.3 is 18.0 Å². The van der Waals surface area contributed by atoms with Crippen molar-refractivity contribution >= 4 is 29.8 Å². The Kier molecular flexibility index (Phi) is 9.65. The number of thioether (sulfide) groups is 1. The molecule has 1 aliphatic rings. The Hall–Kier alpha value is -1.52. The van der Waals surface area contributed by atoms with Gasteiger partial charge in [0.25, 0.3) is 0 Å². The molecule has 1 saturated heterocycles. The molecule has 0 aromatic heterocycles. The van der Waals surface area contributed by atoms with Gasteiger partial charge in [0, 0.05) is 5.75 Å². The zero-order valence-electron chi connectivity index (χ0n) is 20.0. The van der Waals surface area contributed by atoms with E-state index < -0.39 is 53.3 Å². The number of methoxy groups -OCH3 is 1. The van der Waals surface area contributed by atoms with Gasteiger partial charge in [-0.2, -0.15) is 11.8 Å². The van der Waals surface area contributed by atoms with Crippen molar-refractivity contribution in [2.75, 3.05) is 18.6 Å². The molecular weight excluding hydrogens is 426 g/mol. The quantitative estimate of drug-likeness (QED) is 0.330. The van der Waals surface area contributed by atoms with Crippen molar-refractivity contribution in [3.05, 3.63) is 0 Å². The zero-order valence-corrected chi connectivity index (χ0v) is 20.8. The molecule has 31 heavy (non-hydrogen) atoms. The second-order valence-electron chi connectivity index (χ2n) is 9.71. The largest absolute Gasteiger partial charge is 0.467 e. The number of esters is 2. The average Bonchev–Trinajstić information content (AvgIpc) is 2.88. The van der Waals surface area contributed by atoms with Crippen LogP contribution in [0, 0.1) is 0 Å². The van der Waals surface area contributed by atoms with Crippen molar-refractivity contribution in [1.82, 2.24) is 5.32 Å². The molecule has 10 heteroatoms. The molecule has 0 aromatic carbocycles. The third-order valence-electron chi connectivity index (χ3n) is 3.83. The fourth-order valence-electron chi connectivity index (χ4n) is 2.75. The Morgan fingerprint density at radius 2 is 1.61 bits per heavy atom. The van der Waals surface area contributed by atoms with Crippen LogP contribution in [0.2, 0.25) is 0 Å². The highest BCUT2D eigenvalue weighted by Gasteiger charge is 2.45. The van der Waals surface area contributed by atoms with E-state index >= 15 is 0 Å². The van der Waals surface area contributed by atoms with Gasteiger partial charge in [-0.25, -0.2) is 14.4 Å². The zero-order chi connectivity index (χ0) is 24.0. The minimum Gasteiger partial charge on any atom is -0.467 e. The lowest BCUT2D eigenvalue weighted by atomic mass is 10.1. The van der Waals surface area contributed by atoms with Gasteiger partial charge in [0.2, 0.25) is 0 Å². The standard InChI is InChI=1S/C21H37NO8S/c1-19(2,3)29-16(23)13(22-18(25)30-20(4,5)6)10-11-31-12-14-15(17(24)26-9)28-21(7,8)27-14/h13-15H,10-12H2,1-9H3,(H,22,25)/t13-,14-,15+/m0/s1. The Balaban J connectivity index is 2.67. The van der Waals surface area contributed by atoms with E-state index in [1.807, 2.05) is 0 Å². The molecule has 0 aliphatic carbocycles. The first-order valence-electron chi connectivity index (χ1n) is 10.3. The van der Waals surface area contributed by atoms with Crippen LogP contribution in [0.4, 0.5) is 4.79 Å². The molecule has 1 heterocycles. The minimum atomic E-state index is -0.887. The van der Waals surface area contributed by atoms with Gasteiger partial charge in [-0.05, 0) is 67.6 Å². The summed E-state index contributed by atoms with van der Waals surface area (Å²) in [6.07, 6.45) is -1.66. The SMILES string of the molecule is COC(=O)[C@@H]1OC(C)(C)O[C@H]1CSCC[C@H](NC(=O)OC(C)(C)C)C(=O)OC(C)(C)C. The van der Waals surface area contributed by atoms with Crippen molar-refractivity contribution in [3.8, 4) is 0 Å². The first-order valence-corrected chi connectivity index (χ1v) is 11.4. The molecule has 180 valence electrons. The monoisotopic (exact) mass is 463 g/mol. The van der Waals surface area contributed by atoms with Gasteiger partial charge in [0.15, 0.2) is 11.9 Å². The molecule has 1 fully saturated rings.